The molecule has 0 saturated heterocycles. The van der Waals surface area contributed by atoms with Gasteiger partial charge >= 0.3 is 0 Å². The lowest BCUT2D eigenvalue weighted by atomic mass is 9.91. The third-order valence-electron chi connectivity index (χ3n) is 2.64. The molecule has 0 aliphatic rings. The lowest BCUT2D eigenvalue weighted by molar-refractivity contribution is -0.0757. The Morgan fingerprint density at radius 3 is 2.35 bits per heavy atom. The second kappa shape index (κ2) is 4.84. The van der Waals surface area contributed by atoms with Gasteiger partial charge in [-0.05, 0) is 19.1 Å². The minimum Gasteiger partial charge on any atom is -0.274 e. The van der Waals surface area contributed by atoms with Crippen molar-refractivity contribution in [2.45, 2.75) is 33.1 Å². The summed E-state index contributed by atoms with van der Waals surface area (Å²) < 4.78 is 0. The molecule has 0 radical (unpaired) electrons. The van der Waals surface area contributed by atoms with Gasteiger partial charge in [0.05, 0.1) is 18.4 Å². The maximum Gasteiger partial charge on any atom is 0.278 e. The van der Waals surface area contributed by atoms with E-state index in [1.165, 1.54) is 12.2 Å². The number of hydrogen-bond acceptors (Lipinski definition) is 3. The van der Waals surface area contributed by atoms with Crippen molar-refractivity contribution >= 4 is 5.91 Å². The molecule has 0 N–H and O–H groups in total. The molecular formula is C13H20N2O2. The number of aryl methyl sites for hydroxylation is 1. The molecule has 0 bridgehead atoms. The van der Waals surface area contributed by atoms with Crippen LogP contribution < -0.4 is 0 Å². The van der Waals surface area contributed by atoms with E-state index < -0.39 is 0 Å². The molecule has 0 atom stereocenters. The average molecular weight is 236 g/mol. The topological polar surface area (TPSA) is 42.4 Å². The Balaban J connectivity index is 3.11. The van der Waals surface area contributed by atoms with Crippen LogP contribution >= 0.6 is 0 Å². The number of amides is 1. The zero-order valence-electron chi connectivity index (χ0n) is 11.4. The van der Waals surface area contributed by atoms with E-state index in [4.69, 9.17) is 4.84 Å². The molecule has 17 heavy (non-hydrogen) atoms. The molecule has 1 amide bonds. The smallest absolute Gasteiger partial charge is 0.274 e. The van der Waals surface area contributed by atoms with Crippen molar-refractivity contribution in [1.29, 1.82) is 0 Å². The van der Waals surface area contributed by atoms with Crippen LogP contribution in [0.25, 0.3) is 0 Å². The number of hydrogen-bond donors (Lipinski definition) is 0. The summed E-state index contributed by atoms with van der Waals surface area (Å²) >= 11 is 0. The molecule has 0 unspecified atom stereocenters. The highest BCUT2D eigenvalue weighted by atomic mass is 16.7. The Hall–Kier alpha value is -1.42. The van der Waals surface area contributed by atoms with E-state index in [0.717, 1.165) is 11.4 Å². The fraction of sp³-hybridized carbons (Fsp3) is 0.538. The summed E-state index contributed by atoms with van der Waals surface area (Å²) in [5.74, 6) is -0.182. The van der Waals surface area contributed by atoms with Gasteiger partial charge < -0.3 is 0 Å². The first kappa shape index (κ1) is 13.6. The SMILES string of the molecule is CON(C)C(=O)c1ccc(C(C)(C)C)nc1C. The number of nitrogens with zero attached hydrogens (tertiary/aromatic N) is 2. The monoisotopic (exact) mass is 236 g/mol. The Morgan fingerprint density at radius 1 is 1.35 bits per heavy atom. The maximum absolute atomic E-state index is 11.9. The summed E-state index contributed by atoms with van der Waals surface area (Å²) in [5.41, 5.74) is 2.26. The minimum atomic E-state index is -0.182. The molecule has 0 aliphatic carbocycles. The first-order valence-corrected chi connectivity index (χ1v) is 5.57. The Bertz CT molecular complexity index is 422. The molecule has 0 saturated carbocycles. The van der Waals surface area contributed by atoms with Crippen molar-refractivity contribution in [3.63, 3.8) is 0 Å². The van der Waals surface area contributed by atoms with Crippen LogP contribution in [0.3, 0.4) is 0 Å². The van der Waals surface area contributed by atoms with Gasteiger partial charge in [-0.2, -0.15) is 0 Å². The molecule has 0 spiro atoms. The van der Waals surface area contributed by atoms with E-state index in [2.05, 4.69) is 25.8 Å². The summed E-state index contributed by atoms with van der Waals surface area (Å²) in [6, 6.07) is 3.70. The molecule has 4 heteroatoms. The number of carbonyl (C=O) groups excluding carboxylic acids is 1. The summed E-state index contributed by atoms with van der Waals surface area (Å²) in [6.45, 7) is 8.12. The van der Waals surface area contributed by atoms with Crippen molar-refractivity contribution in [2.75, 3.05) is 14.2 Å². The molecule has 94 valence electrons. The second-order valence-corrected chi connectivity index (χ2v) is 5.06. The highest BCUT2D eigenvalue weighted by Crippen LogP contribution is 2.21. The van der Waals surface area contributed by atoms with E-state index in [1.807, 2.05) is 13.0 Å². The normalized spacial score (nSPS) is 11.4. The highest BCUT2D eigenvalue weighted by Gasteiger charge is 2.19. The van der Waals surface area contributed by atoms with Gasteiger partial charge in [-0.15, -0.1) is 0 Å². The van der Waals surface area contributed by atoms with Crippen LogP contribution in [0.2, 0.25) is 0 Å². The van der Waals surface area contributed by atoms with Crippen LogP contribution in [0.15, 0.2) is 12.1 Å². The van der Waals surface area contributed by atoms with Crippen LogP contribution in [0, 0.1) is 6.92 Å². The van der Waals surface area contributed by atoms with E-state index >= 15 is 0 Å². The molecular weight excluding hydrogens is 216 g/mol. The van der Waals surface area contributed by atoms with Crippen LogP contribution in [-0.2, 0) is 10.3 Å². The molecule has 0 fully saturated rings. The van der Waals surface area contributed by atoms with E-state index in [-0.39, 0.29) is 11.3 Å². The molecule has 1 heterocycles. The highest BCUT2D eigenvalue weighted by molar-refractivity contribution is 5.94. The third kappa shape index (κ3) is 3.03. The molecule has 1 aromatic heterocycles. The maximum atomic E-state index is 11.9. The first-order chi connectivity index (χ1) is 7.77. The van der Waals surface area contributed by atoms with Crippen LogP contribution in [0.5, 0.6) is 0 Å². The number of aromatic nitrogens is 1. The van der Waals surface area contributed by atoms with Crippen molar-refractivity contribution in [1.82, 2.24) is 10.0 Å². The molecule has 0 aliphatic heterocycles. The van der Waals surface area contributed by atoms with Crippen molar-refractivity contribution < 1.29 is 9.63 Å². The Kier molecular flexibility index (Phi) is 3.88. The van der Waals surface area contributed by atoms with Crippen LogP contribution in [0.1, 0.15) is 42.5 Å². The molecule has 1 rings (SSSR count). The number of hydroxylamine groups is 2. The van der Waals surface area contributed by atoms with Gasteiger partial charge in [-0.3, -0.25) is 14.6 Å². The predicted octanol–water partition coefficient (Wildman–Crippen LogP) is 2.32. The fourth-order valence-electron chi connectivity index (χ4n) is 1.46. The van der Waals surface area contributed by atoms with Gasteiger partial charge in [0, 0.05) is 18.2 Å². The van der Waals surface area contributed by atoms with Crippen LogP contribution in [0.4, 0.5) is 0 Å². The lowest BCUT2D eigenvalue weighted by Crippen LogP contribution is -2.27. The zero-order valence-corrected chi connectivity index (χ0v) is 11.4. The standard InChI is InChI=1S/C13H20N2O2/c1-9-10(12(16)15(5)17-6)7-8-11(14-9)13(2,3)4/h7-8H,1-6H3. The van der Waals surface area contributed by atoms with Gasteiger partial charge in [0.15, 0.2) is 0 Å². The van der Waals surface area contributed by atoms with Gasteiger partial charge in [0.2, 0.25) is 0 Å². The molecule has 0 aromatic carbocycles. The Morgan fingerprint density at radius 2 is 1.94 bits per heavy atom. The quantitative estimate of drug-likeness (QED) is 0.740. The fourth-order valence-corrected chi connectivity index (χ4v) is 1.46. The lowest BCUT2D eigenvalue weighted by Gasteiger charge is -2.20. The molecule has 1 aromatic rings. The van der Waals surface area contributed by atoms with Crippen molar-refractivity contribution in [2.24, 2.45) is 0 Å². The largest absolute Gasteiger partial charge is 0.278 e. The first-order valence-electron chi connectivity index (χ1n) is 5.57. The number of carbonyl (C=O) groups is 1. The summed E-state index contributed by atoms with van der Waals surface area (Å²) in [7, 11) is 3.05. The minimum absolute atomic E-state index is 0.0144. The zero-order chi connectivity index (χ0) is 13.2. The Labute approximate surface area is 103 Å². The van der Waals surface area contributed by atoms with Crippen LogP contribution in [-0.4, -0.2) is 30.1 Å². The third-order valence-corrected chi connectivity index (χ3v) is 2.64. The van der Waals surface area contributed by atoms with Crippen molar-refractivity contribution in [3.05, 3.63) is 29.1 Å². The molecule has 4 nitrogen and oxygen atoms in total. The van der Waals surface area contributed by atoms with E-state index in [1.54, 1.807) is 13.1 Å². The van der Waals surface area contributed by atoms with Gasteiger partial charge in [0.1, 0.15) is 0 Å². The second-order valence-electron chi connectivity index (χ2n) is 5.06. The summed E-state index contributed by atoms with van der Waals surface area (Å²) in [5, 5.41) is 1.20. The summed E-state index contributed by atoms with van der Waals surface area (Å²) in [4.78, 5) is 21.3. The van der Waals surface area contributed by atoms with E-state index in [9.17, 15) is 4.79 Å². The van der Waals surface area contributed by atoms with Gasteiger partial charge in [-0.1, -0.05) is 20.8 Å². The number of rotatable bonds is 2. The summed E-state index contributed by atoms with van der Waals surface area (Å²) in [6.07, 6.45) is 0. The van der Waals surface area contributed by atoms with Crippen molar-refractivity contribution in [3.8, 4) is 0 Å². The van der Waals surface area contributed by atoms with Gasteiger partial charge in [-0.25, -0.2) is 5.06 Å². The number of pyridine rings is 1. The predicted molar refractivity (Wildman–Crippen MR) is 66.8 cm³/mol. The van der Waals surface area contributed by atoms with Gasteiger partial charge in [0.25, 0.3) is 5.91 Å². The van der Waals surface area contributed by atoms with E-state index in [0.29, 0.717) is 5.56 Å². The average Bonchev–Trinajstić information content (AvgIpc) is 2.25.